The minimum Gasteiger partial charge on any atom is -0.459 e. The van der Waals surface area contributed by atoms with E-state index in [9.17, 15) is 4.79 Å². The number of allylic oxidation sites excluding steroid dienone is 2. The van der Waals surface area contributed by atoms with Crippen LogP contribution in [0.5, 0.6) is 0 Å². The number of hydrogen-bond donors (Lipinski definition) is 0. The van der Waals surface area contributed by atoms with Crippen LogP contribution in [0.25, 0.3) is 0 Å². The molecular weight excluding hydrogens is 499 g/mol. The molecule has 2 aliphatic carbocycles. The fourth-order valence-electron chi connectivity index (χ4n) is 7.41. The summed E-state index contributed by atoms with van der Waals surface area (Å²) < 4.78 is 22.1. The van der Waals surface area contributed by atoms with Crippen LogP contribution in [-0.2, 0) is 14.1 Å². The number of carbonyl (C=O) groups excluding carboxylic acids is 1. The van der Waals surface area contributed by atoms with E-state index in [1.165, 1.54) is 5.57 Å². The van der Waals surface area contributed by atoms with Gasteiger partial charge in [-0.15, -0.1) is 0 Å². The second-order valence-electron chi connectivity index (χ2n) is 15.4. The van der Waals surface area contributed by atoms with Crippen LogP contribution in [0.2, 0.25) is 0 Å². The number of hydrogen-bond acceptors (Lipinski definition) is 3. The largest absolute Gasteiger partial charge is 0.459 e. The van der Waals surface area contributed by atoms with Crippen molar-refractivity contribution in [3.05, 3.63) is 83.2 Å². The molecular formula is C35H47O3P. The van der Waals surface area contributed by atoms with Gasteiger partial charge in [0.25, 0.3) is 0 Å². The van der Waals surface area contributed by atoms with Crippen LogP contribution >= 0.6 is 7.14 Å². The van der Waals surface area contributed by atoms with Gasteiger partial charge in [-0.3, -0.25) is 4.79 Å². The lowest BCUT2D eigenvalue weighted by Crippen LogP contribution is -2.73. The van der Waals surface area contributed by atoms with E-state index < -0.39 is 29.0 Å². The van der Waals surface area contributed by atoms with Gasteiger partial charge in [-0.1, -0.05) is 135 Å². The van der Waals surface area contributed by atoms with Gasteiger partial charge < -0.3 is 9.30 Å². The van der Waals surface area contributed by atoms with Crippen molar-refractivity contribution in [2.75, 3.05) is 0 Å². The number of rotatable bonds is 4. The standard InChI is InChI=1S/C35H47O3P/c1-30(2,3)27-28(31(4,5)6)35(32(7,8)9)26(23-34(27,35)29(36)38-33(10,11)12)39(37,24-19-15-13-16-20-24)25-21-17-14-18-22-25/h13-23H,1-12H3/t34-,35+/m0/s1. The highest BCUT2D eigenvalue weighted by molar-refractivity contribution is 7.82. The zero-order chi connectivity index (χ0) is 29.4. The van der Waals surface area contributed by atoms with Gasteiger partial charge in [-0.05, 0) is 42.6 Å². The van der Waals surface area contributed by atoms with Gasteiger partial charge in [0.2, 0.25) is 0 Å². The molecule has 0 radical (unpaired) electrons. The minimum atomic E-state index is -3.33. The topological polar surface area (TPSA) is 43.4 Å². The van der Waals surface area contributed by atoms with Gasteiger partial charge in [-0.2, -0.15) is 0 Å². The summed E-state index contributed by atoms with van der Waals surface area (Å²) in [6.45, 7) is 25.6. The normalized spacial score (nSPS) is 23.8. The Balaban J connectivity index is 2.19. The van der Waals surface area contributed by atoms with E-state index in [1.807, 2.05) is 81.4 Å². The molecule has 2 aromatic carbocycles. The third-order valence-electron chi connectivity index (χ3n) is 8.27. The molecule has 3 nitrogen and oxygen atoms in total. The molecule has 0 saturated heterocycles. The summed E-state index contributed by atoms with van der Waals surface area (Å²) in [5.74, 6) is -0.237. The zero-order valence-corrected chi connectivity index (χ0v) is 26.9. The molecule has 2 aromatic rings. The Kier molecular flexibility index (Phi) is 6.68. The van der Waals surface area contributed by atoms with Crippen LogP contribution < -0.4 is 10.6 Å². The molecule has 2 atom stereocenters. The lowest BCUT2D eigenvalue weighted by molar-refractivity contribution is -0.180. The van der Waals surface area contributed by atoms with E-state index in [2.05, 4.69) is 68.4 Å². The summed E-state index contributed by atoms with van der Waals surface area (Å²) in [6, 6.07) is 19.6. The van der Waals surface area contributed by atoms with Crippen molar-refractivity contribution in [2.45, 2.75) is 88.7 Å². The van der Waals surface area contributed by atoms with E-state index in [0.29, 0.717) is 0 Å². The van der Waals surface area contributed by atoms with Crippen molar-refractivity contribution in [1.82, 2.24) is 0 Å². The van der Waals surface area contributed by atoms with Crippen molar-refractivity contribution in [3.8, 4) is 0 Å². The van der Waals surface area contributed by atoms with Crippen molar-refractivity contribution < 1.29 is 14.1 Å². The van der Waals surface area contributed by atoms with Crippen LogP contribution in [0.3, 0.4) is 0 Å². The van der Waals surface area contributed by atoms with Gasteiger partial charge in [0, 0.05) is 21.3 Å². The second-order valence-corrected chi connectivity index (χ2v) is 18.1. The fraction of sp³-hybridized carbons (Fsp3) is 0.514. The van der Waals surface area contributed by atoms with Gasteiger partial charge in [0.1, 0.15) is 11.0 Å². The van der Waals surface area contributed by atoms with Crippen molar-refractivity contribution in [3.63, 3.8) is 0 Å². The third-order valence-corrected chi connectivity index (χ3v) is 11.5. The first-order valence-corrected chi connectivity index (χ1v) is 15.8. The highest BCUT2D eigenvalue weighted by Gasteiger charge is 2.83. The molecule has 2 aliphatic rings. The quantitative estimate of drug-likeness (QED) is 0.219. The summed E-state index contributed by atoms with van der Waals surface area (Å²) in [6.07, 6.45) is 2.06. The maximum absolute atomic E-state index is 15.9. The molecule has 39 heavy (non-hydrogen) atoms. The molecule has 0 heterocycles. The van der Waals surface area contributed by atoms with Crippen LogP contribution in [0.4, 0.5) is 0 Å². The molecule has 0 aromatic heterocycles. The van der Waals surface area contributed by atoms with Crippen molar-refractivity contribution in [1.29, 1.82) is 0 Å². The predicted molar refractivity (Wildman–Crippen MR) is 164 cm³/mol. The Morgan fingerprint density at radius 2 is 1.08 bits per heavy atom. The summed E-state index contributed by atoms with van der Waals surface area (Å²) in [5.41, 5.74) is -1.06. The summed E-state index contributed by atoms with van der Waals surface area (Å²) >= 11 is 0. The third kappa shape index (κ3) is 4.06. The van der Waals surface area contributed by atoms with Crippen LogP contribution in [0.15, 0.2) is 83.2 Å². The van der Waals surface area contributed by atoms with E-state index in [0.717, 1.165) is 21.5 Å². The van der Waals surface area contributed by atoms with Crippen LogP contribution in [-0.4, -0.2) is 11.6 Å². The van der Waals surface area contributed by atoms with Crippen LogP contribution in [0, 0.1) is 27.1 Å². The first kappa shape index (κ1) is 29.6. The van der Waals surface area contributed by atoms with Gasteiger partial charge >= 0.3 is 5.97 Å². The molecule has 0 fully saturated rings. The lowest BCUT2D eigenvalue weighted by Gasteiger charge is -2.75. The highest BCUT2D eigenvalue weighted by Crippen LogP contribution is 2.88. The first-order valence-electron chi connectivity index (χ1n) is 14.1. The number of benzene rings is 2. The Morgan fingerprint density at radius 1 is 0.667 bits per heavy atom. The average Bonchev–Trinajstić information content (AvgIpc) is 2.76. The molecule has 0 amide bonds. The lowest BCUT2D eigenvalue weighted by atomic mass is 9.29. The summed E-state index contributed by atoms with van der Waals surface area (Å²) in [4.78, 5) is 14.6. The maximum atomic E-state index is 15.9. The summed E-state index contributed by atoms with van der Waals surface area (Å²) in [5, 5.41) is 2.45. The Labute approximate surface area is 236 Å². The zero-order valence-electron chi connectivity index (χ0n) is 26.0. The second kappa shape index (κ2) is 8.81. The average molecular weight is 547 g/mol. The monoisotopic (exact) mass is 546 g/mol. The van der Waals surface area contributed by atoms with Crippen molar-refractivity contribution in [2.24, 2.45) is 27.1 Å². The van der Waals surface area contributed by atoms with E-state index in [-0.39, 0.29) is 16.8 Å². The highest BCUT2D eigenvalue weighted by atomic mass is 31.2. The number of ether oxygens (including phenoxy) is 1. The summed E-state index contributed by atoms with van der Waals surface area (Å²) in [7, 11) is -3.33. The molecule has 210 valence electrons. The minimum absolute atomic E-state index is 0.237. The molecule has 4 heteroatoms. The molecule has 0 aliphatic heterocycles. The van der Waals surface area contributed by atoms with Gasteiger partial charge in [0.05, 0.1) is 0 Å². The fourth-order valence-corrected chi connectivity index (χ4v) is 10.9. The van der Waals surface area contributed by atoms with Gasteiger partial charge in [0.15, 0.2) is 7.14 Å². The van der Waals surface area contributed by atoms with Crippen LogP contribution in [0.1, 0.15) is 83.1 Å². The SMILES string of the molecule is CC(C)(C)OC(=O)[C@@]12C=C(P(=O)(c3ccccc3)c3ccccc3)[C@]1(C(C)(C)C)C(C(C)(C)C)=C2C(C)(C)C. The maximum Gasteiger partial charge on any atom is 0.321 e. The Bertz CT molecular complexity index is 1340. The Hall–Kier alpha value is -2.38. The Morgan fingerprint density at radius 3 is 1.41 bits per heavy atom. The van der Waals surface area contributed by atoms with E-state index in [1.54, 1.807) is 0 Å². The number of esters is 1. The smallest absolute Gasteiger partial charge is 0.321 e. The molecule has 0 spiro atoms. The first-order chi connectivity index (χ1) is 17.7. The molecule has 4 rings (SSSR count). The molecule has 0 bridgehead atoms. The molecule has 0 N–H and O–H groups in total. The predicted octanol–water partition coefficient (Wildman–Crippen LogP) is 8.66. The molecule has 0 unspecified atom stereocenters. The number of carbonyl (C=O) groups is 1. The molecule has 0 saturated carbocycles. The van der Waals surface area contributed by atoms with E-state index >= 15 is 4.57 Å². The van der Waals surface area contributed by atoms with Gasteiger partial charge in [-0.25, -0.2) is 0 Å². The van der Waals surface area contributed by atoms with E-state index in [4.69, 9.17) is 4.74 Å². The van der Waals surface area contributed by atoms with Crippen molar-refractivity contribution >= 4 is 23.7 Å². The number of fused-ring (bicyclic) bond motifs is 1.